The lowest BCUT2D eigenvalue weighted by Gasteiger charge is -2.25. The van der Waals surface area contributed by atoms with Gasteiger partial charge in [0, 0.05) is 6.54 Å². The van der Waals surface area contributed by atoms with E-state index >= 15 is 0 Å². The number of hydrogen-bond donors (Lipinski definition) is 2. The summed E-state index contributed by atoms with van der Waals surface area (Å²) in [6, 6.07) is 13.2. The first-order chi connectivity index (χ1) is 11.6. The Hall–Kier alpha value is -2.73. The Labute approximate surface area is 137 Å². The van der Waals surface area contributed by atoms with E-state index in [2.05, 4.69) is 9.97 Å². The van der Waals surface area contributed by atoms with Crippen LogP contribution in [0.1, 0.15) is 18.0 Å². The van der Waals surface area contributed by atoms with Crippen molar-refractivity contribution in [1.82, 2.24) is 9.97 Å². The summed E-state index contributed by atoms with van der Waals surface area (Å²) in [5.74, 6) is 0.116. The van der Waals surface area contributed by atoms with Gasteiger partial charge in [-0.3, -0.25) is 9.78 Å². The van der Waals surface area contributed by atoms with Gasteiger partial charge in [0.2, 0.25) is 5.95 Å². The second-order valence-corrected chi connectivity index (χ2v) is 6.02. The minimum absolute atomic E-state index is 0.162. The molecule has 1 fully saturated rings. The van der Waals surface area contributed by atoms with Crippen LogP contribution in [0.5, 0.6) is 0 Å². The molecule has 0 radical (unpaired) electrons. The van der Waals surface area contributed by atoms with Gasteiger partial charge in [0.1, 0.15) is 5.82 Å². The number of aromatic amines is 1. The molecule has 0 bridgehead atoms. The molecule has 0 saturated carbocycles. The van der Waals surface area contributed by atoms with Crippen molar-refractivity contribution >= 4 is 16.9 Å². The van der Waals surface area contributed by atoms with Crippen LogP contribution in [0.2, 0.25) is 0 Å². The van der Waals surface area contributed by atoms with E-state index in [4.69, 9.17) is 0 Å². The largest absolute Gasteiger partial charge is 0.391 e. The Bertz CT molecular complexity index is 939. The number of para-hydroxylation sites is 1. The van der Waals surface area contributed by atoms with E-state index in [0.29, 0.717) is 29.8 Å². The van der Waals surface area contributed by atoms with Crippen LogP contribution in [0, 0.1) is 5.82 Å². The molecule has 0 aliphatic carbocycles. The number of fused-ring (bicyclic) bond motifs is 1. The Morgan fingerprint density at radius 3 is 2.71 bits per heavy atom. The summed E-state index contributed by atoms with van der Waals surface area (Å²) in [6.07, 6.45) is -0.0286. The van der Waals surface area contributed by atoms with Gasteiger partial charge in [-0.2, -0.15) is 0 Å². The van der Waals surface area contributed by atoms with Gasteiger partial charge in [0.25, 0.3) is 5.56 Å². The summed E-state index contributed by atoms with van der Waals surface area (Å²) in [4.78, 5) is 21.5. The Morgan fingerprint density at radius 1 is 1.17 bits per heavy atom. The molecule has 1 saturated heterocycles. The van der Waals surface area contributed by atoms with E-state index in [-0.39, 0.29) is 17.4 Å². The van der Waals surface area contributed by atoms with Gasteiger partial charge in [0.05, 0.1) is 23.0 Å². The first-order valence-corrected chi connectivity index (χ1v) is 7.81. The number of rotatable bonds is 2. The van der Waals surface area contributed by atoms with E-state index in [0.717, 1.165) is 5.56 Å². The van der Waals surface area contributed by atoms with Gasteiger partial charge < -0.3 is 10.0 Å². The number of nitrogens with one attached hydrogen (secondary N) is 1. The van der Waals surface area contributed by atoms with Crippen LogP contribution in [0.3, 0.4) is 0 Å². The van der Waals surface area contributed by atoms with Crippen molar-refractivity contribution in [2.24, 2.45) is 0 Å². The zero-order valence-electron chi connectivity index (χ0n) is 12.8. The molecule has 1 aliphatic heterocycles. The third-order valence-corrected chi connectivity index (χ3v) is 4.41. The van der Waals surface area contributed by atoms with Gasteiger partial charge in [-0.1, -0.05) is 24.3 Å². The van der Waals surface area contributed by atoms with Crippen molar-refractivity contribution in [3.63, 3.8) is 0 Å². The lowest BCUT2D eigenvalue weighted by molar-refractivity contribution is 0.194. The molecule has 0 spiro atoms. The number of hydrogen-bond acceptors (Lipinski definition) is 4. The van der Waals surface area contributed by atoms with Crippen LogP contribution >= 0.6 is 0 Å². The highest BCUT2D eigenvalue weighted by atomic mass is 19.1. The van der Waals surface area contributed by atoms with Crippen molar-refractivity contribution in [1.29, 1.82) is 0 Å². The Kier molecular flexibility index (Phi) is 3.54. The molecule has 2 N–H and O–H groups in total. The van der Waals surface area contributed by atoms with E-state index in [9.17, 15) is 14.3 Å². The first-order valence-electron chi connectivity index (χ1n) is 7.81. The summed E-state index contributed by atoms with van der Waals surface area (Å²) < 4.78 is 13.2. The van der Waals surface area contributed by atoms with Crippen LogP contribution in [-0.4, -0.2) is 27.7 Å². The van der Waals surface area contributed by atoms with Crippen molar-refractivity contribution in [2.75, 3.05) is 11.4 Å². The SMILES string of the molecule is O=c1[nH]c(N2C[C@@H](O)C[C@@H]2c2ccc(F)cc2)nc2ccccc12. The number of benzene rings is 2. The van der Waals surface area contributed by atoms with Crippen molar-refractivity contribution < 1.29 is 9.50 Å². The number of halogens is 1. The molecule has 2 aromatic carbocycles. The number of nitrogens with zero attached hydrogens (tertiary/aromatic N) is 2. The molecule has 24 heavy (non-hydrogen) atoms. The van der Waals surface area contributed by atoms with Crippen LogP contribution in [0.4, 0.5) is 10.3 Å². The fraction of sp³-hybridized carbons (Fsp3) is 0.222. The van der Waals surface area contributed by atoms with Gasteiger partial charge in [-0.05, 0) is 36.2 Å². The molecule has 3 aromatic rings. The van der Waals surface area contributed by atoms with Gasteiger partial charge in [0.15, 0.2) is 0 Å². The Morgan fingerprint density at radius 2 is 1.92 bits per heavy atom. The first kappa shape index (κ1) is 14.8. The quantitative estimate of drug-likeness (QED) is 0.759. The van der Waals surface area contributed by atoms with E-state index in [1.807, 2.05) is 11.0 Å². The third-order valence-electron chi connectivity index (χ3n) is 4.41. The topological polar surface area (TPSA) is 69.2 Å². The summed E-state index contributed by atoms with van der Waals surface area (Å²) in [6.45, 7) is 0.364. The van der Waals surface area contributed by atoms with Crippen LogP contribution < -0.4 is 10.5 Å². The number of aliphatic hydroxyl groups is 1. The van der Waals surface area contributed by atoms with E-state index in [1.165, 1.54) is 12.1 Å². The predicted molar refractivity (Wildman–Crippen MR) is 89.5 cm³/mol. The summed E-state index contributed by atoms with van der Waals surface area (Å²) >= 11 is 0. The maximum atomic E-state index is 13.2. The molecule has 0 unspecified atom stereocenters. The van der Waals surface area contributed by atoms with Crippen molar-refractivity contribution in [3.8, 4) is 0 Å². The normalized spacial score (nSPS) is 20.7. The van der Waals surface area contributed by atoms with Crippen LogP contribution in [0.15, 0.2) is 53.3 Å². The molecular weight excluding hydrogens is 309 g/mol. The average molecular weight is 325 g/mol. The average Bonchev–Trinajstić information content (AvgIpc) is 2.97. The Balaban J connectivity index is 1.79. The molecule has 4 rings (SSSR count). The maximum Gasteiger partial charge on any atom is 0.260 e. The maximum absolute atomic E-state index is 13.2. The third kappa shape index (κ3) is 2.55. The summed E-state index contributed by atoms with van der Waals surface area (Å²) in [7, 11) is 0. The van der Waals surface area contributed by atoms with Gasteiger partial charge in [-0.15, -0.1) is 0 Å². The molecule has 5 nitrogen and oxygen atoms in total. The summed E-state index contributed by atoms with van der Waals surface area (Å²) in [5.41, 5.74) is 1.27. The zero-order valence-corrected chi connectivity index (χ0v) is 12.8. The monoisotopic (exact) mass is 325 g/mol. The minimum Gasteiger partial charge on any atom is -0.391 e. The predicted octanol–water partition coefficient (Wildman–Crippen LogP) is 2.37. The molecule has 6 heteroatoms. The zero-order chi connectivity index (χ0) is 16.7. The number of β-amino-alcohol motifs (C(OH)–C–C–N with tert-alkyl or cyclic N) is 1. The number of anilines is 1. The molecule has 1 aliphatic rings. The molecule has 122 valence electrons. The number of aliphatic hydroxyl groups excluding tert-OH is 1. The number of H-pyrrole nitrogens is 1. The standard InChI is InChI=1S/C18H16FN3O2/c19-12-7-5-11(6-8-12)16-9-13(23)10-22(16)18-20-15-4-2-1-3-14(15)17(24)21-18/h1-8,13,16,23H,9-10H2,(H,20,21,24)/t13-,16+/m0/s1. The van der Waals surface area contributed by atoms with E-state index in [1.54, 1.807) is 30.3 Å². The second kappa shape index (κ2) is 5.72. The van der Waals surface area contributed by atoms with Crippen molar-refractivity contribution in [2.45, 2.75) is 18.6 Å². The highest BCUT2D eigenvalue weighted by Gasteiger charge is 2.33. The minimum atomic E-state index is -0.531. The fourth-order valence-corrected chi connectivity index (χ4v) is 3.26. The molecular formula is C18H16FN3O2. The van der Waals surface area contributed by atoms with Gasteiger partial charge in [-0.25, -0.2) is 9.37 Å². The second-order valence-electron chi connectivity index (χ2n) is 6.02. The summed E-state index contributed by atoms with van der Waals surface area (Å²) in [5, 5.41) is 10.6. The highest BCUT2D eigenvalue weighted by Crippen LogP contribution is 2.34. The lowest BCUT2D eigenvalue weighted by Crippen LogP contribution is -2.28. The van der Waals surface area contributed by atoms with Gasteiger partial charge >= 0.3 is 0 Å². The molecule has 2 heterocycles. The molecule has 1 aromatic heterocycles. The highest BCUT2D eigenvalue weighted by molar-refractivity contribution is 5.78. The fourth-order valence-electron chi connectivity index (χ4n) is 3.26. The molecule has 2 atom stereocenters. The lowest BCUT2D eigenvalue weighted by atomic mass is 10.0. The van der Waals surface area contributed by atoms with Crippen LogP contribution in [-0.2, 0) is 0 Å². The number of aromatic nitrogens is 2. The van der Waals surface area contributed by atoms with E-state index < -0.39 is 6.10 Å². The van der Waals surface area contributed by atoms with Crippen molar-refractivity contribution in [3.05, 3.63) is 70.3 Å². The molecule has 0 amide bonds. The van der Waals surface area contributed by atoms with Crippen LogP contribution in [0.25, 0.3) is 10.9 Å². The smallest absolute Gasteiger partial charge is 0.260 e.